The SMILES string of the molecule is NC(CC(=O)N1CC=C(c2ccc(F)cc2)CC1)c1ccc(C(=O)Nc2ccncc2)cc1. The normalized spacial score (nSPS) is 14.4. The minimum absolute atomic E-state index is 0.0172. The van der Waals surface area contributed by atoms with Crippen LogP contribution in [0.4, 0.5) is 10.1 Å². The largest absolute Gasteiger partial charge is 0.339 e. The number of nitrogens with one attached hydrogen (secondary N) is 1. The van der Waals surface area contributed by atoms with Crippen LogP contribution in [-0.4, -0.2) is 34.8 Å². The maximum atomic E-state index is 13.1. The highest BCUT2D eigenvalue weighted by Gasteiger charge is 2.21. The number of hydrogen-bond donors (Lipinski definition) is 2. The molecule has 3 N–H and O–H groups in total. The monoisotopic (exact) mass is 444 g/mol. The first-order valence-corrected chi connectivity index (χ1v) is 10.8. The molecular weight excluding hydrogens is 419 g/mol. The van der Waals surface area contributed by atoms with Crippen LogP contribution in [0.3, 0.4) is 0 Å². The molecule has 0 bridgehead atoms. The fourth-order valence-corrected chi connectivity index (χ4v) is 3.78. The Morgan fingerprint density at radius 3 is 2.36 bits per heavy atom. The lowest BCUT2D eigenvalue weighted by Crippen LogP contribution is -2.36. The van der Waals surface area contributed by atoms with E-state index in [1.54, 1.807) is 65.8 Å². The summed E-state index contributed by atoms with van der Waals surface area (Å²) in [6.07, 6.45) is 6.12. The number of amides is 2. The number of rotatable bonds is 6. The number of halogens is 1. The highest BCUT2D eigenvalue weighted by Crippen LogP contribution is 2.24. The van der Waals surface area contributed by atoms with Gasteiger partial charge in [-0.1, -0.05) is 30.3 Å². The van der Waals surface area contributed by atoms with E-state index >= 15 is 0 Å². The summed E-state index contributed by atoms with van der Waals surface area (Å²) in [4.78, 5) is 30.8. The summed E-state index contributed by atoms with van der Waals surface area (Å²) < 4.78 is 13.1. The third kappa shape index (κ3) is 5.70. The summed E-state index contributed by atoms with van der Waals surface area (Å²) in [6, 6.07) is 16.3. The van der Waals surface area contributed by atoms with Gasteiger partial charge in [-0.2, -0.15) is 0 Å². The zero-order chi connectivity index (χ0) is 23.2. The first-order valence-electron chi connectivity index (χ1n) is 10.8. The van der Waals surface area contributed by atoms with E-state index in [1.807, 2.05) is 6.08 Å². The standard InChI is InChI=1S/C26H25FN4O2/c27-22-7-5-18(6-8-22)19-11-15-31(16-12-19)25(32)17-24(28)20-1-3-21(4-2-20)26(33)30-23-9-13-29-14-10-23/h1-11,13-14,24H,12,15-17,28H2,(H,29,30,33). The zero-order valence-corrected chi connectivity index (χ0v) is 18.1. The van der Waals surface area contributed by atoms with Gasteiger partial charge >= 0.3 is 0 Å². The predicted octanol–water partition coefficient (Wildman–Crippen LogP) is 4.18. The summed E-state index contributed by atoms with van der Waals surface area (Å²) in [5, 5.41) is 2.81. The molecule has 2 amide bonds. The Morgan fingerprint density at radius 2 is 1.73 bits per heavy atom. The van der Waals surface area contributed by atoms with E-state index < -0.39 is 6.04 Å². The lowest BCUT2D eigenvalue weighted by Gasteiger charge is -2.28. The molecule has 7 heteroatoms. The first-order chi connectivity index (χ1) is 16.0. The van der Waals surface area contributed by atoms with Crippen LogP contribution in [0.5, 0.6) is 0 Å². The third-order valence-corrected chi connectivity index (χ3v) is 5.71. The number of aromatic nitrogens is 1. The van der Waals surface area contributed by atoms with Crippen LogP contribution < -0.4 is 11.1 Å². The van der Waals surface area contributed by atoms with Crippen LogP contribution >= 0.6 is 0 Å². The van der Waals surface area contributed by atoms with Crippen molar-refractivity contribution in [3.8, 4) is 0 Å². The van der Waals surface area contributed by atoms with Gasteiger partial charge in [0.2, 0.25) is 5.91 Å². The minimum Gasteiger partial charge on any atom is -0.339 e. The number of hydrogen-bond acceptors (Lipinski definition) is 4. The van der Waals surface area contributed by atoms with Crippen molar-refractivity contribution in [2.45, 2.75) is 18.9 Å². The van der Waals surface area contributed by atoms with E-state index in [1.165, 1.54) is 12.1 Å². The van der Waals surface area contributed by atoms with Crippen molar-refractivity contribution in [1.82, 2.24) is 9.88 Å². The molecule has 1 aliphatic heterocycles. The molecule has 0 fully saturated rings. The smallest absolute Gasteiger partial charge is 0.255 e. The second kappa shape index (κ2) is 10.2. The van der Waals surface area contributed by atoms with E-state index in [2.05, 4.69) is 10.3 Å². The van der Waals surface area contributed by atoms with Crippen LogP contribution in [0, 0.1) is 5.82 Å². The van der Waals surface area contributed by atoms with Crippen molar-refractivity contribution in [2.75, 3.05) is 18.4 Å². The highest BCUT2D eigenvalue weighted by molar-refractivity contribution is 6.04. The summed E-state index contributed by atoms with van der Waals surface area (Å²) in [5.74, 6) is -0.505. The van der Waals surface area contributed by atoms with Crippen LogP contribution in [0.2, 0.25) is 0 Å². The van der Waals surface area contributed by atoms with Gasteiger partial charge in [0, 0.05) is 49.2 Å². The van der Waals surface area contributed by atoms with Crippen LogP contribution in [0.15, 0.2) is 79.1 Å². The molecule has 0 saturated carbocycles. The maximum Gasteiger partial charge on any atom is 0.255 e. The summed E-state index contributed by atoms with van der Waals surface area (Å²) in [5.41, 5.74) is 10.3. The molecule has 1 aromatic heterocycles. The lowest BCUT2D eigenvalue weighted by molar-refractivity contribution is -0.131. The first kappa shape index (κ1) is 22.4. The number of carbonyl (C=O) groups is 2. The molecule has 3 aromatic rings. The van der Waals surface area contributed by atoms with Gasteiger partial charge in [-0.25, -0.2) is 4.39 Å². The van der Waals surface area contributed by atoms with Crippen LogP contribution in [0.1, 0.15) is 40.4 Å². The van der Waals surface area contributed by atoms with Gasteiger partial charge in [0.25, 0.3) is 5.91 Å². The fourth-order valence-electron chi connectivity index (χ4n) is 3.78. The van der Waals surface area contributed by atoms with Gasteiger partial charge in [0.1, 0.15) is 5.82 Å². The summed E-state index contributed by atoms with van der Waals surface area (Å²) >= 11 is 0. The topological polar surface area (TPSA) is 88.3 Å². The predicted molar refractivity (Wildman–Crippen MR) is 126 cm³/mol. The number of nitrogens with zero attached hydrogens (tertiary/aromatic N) is 2. The molecule has 2 aromatic carbocycles. The number of benzene rings is 2. The summed E-state index contributed by atoms with van der Waals surface area (Å²) in [6.45, 7) is 1.11. The second-order valence-electron chi connectivity index (χ2n) is 7.95. The molecular formula is C26H25FN4O2. The Morgan fingerprint density at radius 1 is 1.03 bits per heavy atom. The van der Waals surface area contributed by atoms with Gasteiger partial charge in [0.15, 0.2) is 0 Å². The quantitative estimate of drug-likeness (QED) is 0.597. The molecule has 168 valence electrons. The molecule has 4 rings (SSSR count). The Hall–Kier alpha value is -3.84. The van der Waals surface area contributed by atoms with E-state index in [4.69, 9.17) is 5.73 Å². The lowest BCUT2D eigenvalue weighted by atomic mass is 9.98. The van der Waals surface area contributed by atoms with E-state index in [9.17, 15) is 14.0 Å². The molecule has 1 aliphatic rings. The number of nitrogens with two attached hydrogens (primary N) is 1. The highest BCUT2D eigenvalue weighted by atomic mass is 19.1. The average molecular weight is 445 g/mol. The Bertz CT molecular complexity index is 1150. The Labute approximate surface area is 191 Å². The molecule has 1 unspecified atom stereocenters. The molecule has 0 radical (unpaired) electrons. The van der Waals surface area contributed by atoms with E-state index in [0.29, 0.717) is 30.8 Å². The molecule has 33 heavy (non-hydrogen) atoms. The van der Waals surface area contributed by atoms with Crippen molar-refractivity contribution >= 4 is 23.1 Å². The van der Waals surface area contributed by atoms with Gasteiger partial charge in [-0.3, -0.25) is 14.6 Å². The number of pyridine rings is 1. The van der Waals surface area contributed by atoms with Gasteiger partial charge in [-0.05, 0) is 59.5 Å². The average Bonchev–Trinajstić information content (AvgIpc) is 2.85. The van der Waals surface area contributed by atoms with Crippen LogP contribution in [-0.2, 0) is 4.79 Å². The second-order valence-corrected chi connectivity index (χ2v) is 7.95. The zero-order valence-electron chi connectivity index (χ0n) is 18.1. The van der Waals surface area contributed by atoms with E-state index in [-0.39, 0.29) is 24.1 Å². The summed E-state index contributed by atoms with van der Waals surface area (Å²) in [7, 11) is 0. The fraction of sp³-hybridized carbons (Fsp3) is 0.192. The molecule has 0 spiro atoms. The van der Waals surface area contributed by atoms with Crippen molar-refractivity contribution in [2.24, 2.45) is 5.73 Å². The third-order valence-electron chi connectivity index (χ3n) is 5.71. The van der Waals surface area contributed by atoms with Crippen molar-refractivity contribution in [3.63, 3.8) is 0 Å². The molecule has 0 saturated heterocycles. The van der Waals surface area contributed by atoms with Crippen molar-refractivity contribution < 1.29 is 14.0 Å². The molecule has 1 atom stereocenters. The molecule has 0 aliphatic carbocycles. The van der Waals surface area contributed by atoms with Crippen LogP contribution in [0.25, 0.3) is 5.57 Å². The molecule has 6 nitrogen and oxygen atoms in total. The maximum absolute atomic E-state index is 13.1. The minimum atomic E-state index is -0.461. The molecule has 2 heterocycles. The van der Waals surface area contributed by atoms with Crippen molar-refractivity contribution in [3.05, 3.63) is 102 Å². The van der Waals surface area contributed by atoms with E-state index in [0.717, 1.165) is 16.7 Å². The number of anilines is 1. The Balaban J connectivity index is 1.31. The number of carbonyl (C=O) groups excluding carboxylic acids is 2. The van der Waals surface area contributed by atoms with Gasteiger partial charge < -0.3 is 16.0 Å². The van der Waals surface area contributed by atoms with Gasteiger partial charge in [-0.15, -0.1) is 0 Å². The van der Waals surface area contributed by atoms with Gasteiger partial charge in [0.05, 0.1) is 0 Å². The van der Waals surface area contributed by atoms with Crippen molar-refractivity contribution in [1.29, 1.82) is 0 Å². The Kier molecular flexibility index (Phi) is 6.90.